The van der Waals surface area contributed by atoms with Crippen molar-refractivity contribution in [1.82, 2.24) is 10.3 Å². The average Bonchev–Trinajstić information content (AvgIpc) is 2.95. The van der Waals surface area contributed by atoms with E-state index in [-0.39, 0.29) is 5.91 Å². The molecular formula is C16H16N4OS. The summed E-state index contributed by atoms with van der Waals surface area (Å²) in [6.45, 7) is 4.34. The summed E-state index contributed by atoms with van der Waals surface area (Å²) < 4.78 is 0. The Morgan fingerprint density at radius 1 is 1.50 bits per heavy atom. The summed E-state index contributed by atoms with van der Waals surface area (Å²) in [5.74, 6) is -0.119. The predicted octanol–water partition coefficient (Wildman–Crippen LogP) is 3.18. The molecule has 1 aromatic heterocycles. The molecule has 0 aliphatic rings. The molecule has 0 bridgehead atoms. The third-order valence-corrected chi connectivity index (χ3v) is 3.81. The second-order valence-corrected chi connectivity index (χ2v) is 5.41. The van der Waals surface area contributed by atoms with Crippen LogP contribution in [-0.4, -0.2) is 17.4 Å². The maximum absolute atomic E-state index is 11.8. The summed E-state index contributed by atoms with van der Waals surface area (Å²) in [6.07, 6.45) is 1.61. The van der Waals surface area contributed by atoms with Crippen LogP contribution in [0, 0.1) is 18.3 Å². The molecule has 0 saturated carbocycles. The van der Waals surface area contributed by atoms with Gasteiger partial charge in [0.05, 0.1) is 0 Å². The molecule has 1 aromatic carbocycles. The van der Waals surface area contributed by atoms with Crippen LogP contribution in [0.4, 0.5) is 5.69 Å². The van der Waals surface area contributed by atoms with Gasteiger partial charge in [0.15, 0.2) is 0 Å². The molecule has 0 atom stereocenters. The number of hydrogen-bond donors (Lipinski definition) is 2. The summed E-state index contributed by atoms with van der Waals surface area (Å²) in [6, 6.07) is 9.24. The van der Waals surface area contributed by atoms with Crippen molar-refractivity contribution < 1.29 is 4.79 Å². The van der Waals surface area contributed by atoms with Gasteiger partial charge < -0.3 is 10.6 Å². The van der Waals surface area contributed by atoms with E-state index >= 15 is 0 Å². The number of aromatic nitrogens is 1. The van der Waals surface area contributed by atoms with E-state index < -0.39 is 0 Å². The maximum atomic E-state index is 11.8. The second kappa shape index (κ2) is 7.38. The number of allylic oxidation sites excluding steroid dienone is 1. The fraction of sp³-hybridized carbons (Fsp3) is 0.188. The molecular weight excluding hydrogens is 296 g/mol. The highest BCUT2D eigenvalue weighted by molar-refractivity contribution is 7.10. The predicted molar refractivity (Wildman–Crippen MR) is 88.5 cm³/mol. The quantitative estimate of drug-likeness (QED) is 0.831. The smallest absolute Gasteiger partial charge is 0.251 e. The van der Waals surface area contributed by atoms with Gasteiger partial charge in [-0.05, 0) is 32.0 Å². The van der Waals surface area contributed by atoms with E-state index in [0.29, 0.717) is 22.7 Å². The van der Waals surface area contributed by atoms with Crippen molar-refractivity contribution in [3.63, 3.8) is 0 Å². The van der Waals surface area contributed by atoms with E-state index in [1.807, 2.05) is 25.3 Å². The molecule has 0 fully saturated rings. The van der Waals surface area contributed by atoms with Crippen LogP contribution in [0.5, 0.6) is 0 Å². The third kappa shape index (κ3) is 3.93. The van der Waals surface area contributed by atoms with Gasteiger partial charge in [0.2, 0.25) is 0 Å². The molecule has 2 rings (SSSR count). The molecule has 0 unspecified atom stereocenters. The van der Waals surface area contributed by atoms with Crippen molar-refractivity contribution >= 4 is 28.5 Å². The first-order chi connectivity index (χ1) is 10.6. The highest BCUT2D eigenvalue weighted by Gasteiger charge is 2.06. The summed E-state index contributed by atoms with van der Waals surface area (Å²) in [5, 5.41) is 17.6. The summed E-state index contributed by atoms with van der Waals surface area (Å²) >= 11 is 1.43. The van der Waals surface area contributed by atoms with Crippen molar-refractivity contribution in [2.75, 3.05) is 11.9 Å². The first-order valence-corrected chi connectivity index (χ1v) is 7.69. The van der Waals surface area contributed by atoms with Gasteiger partial charge in [0, 0.05) is 35.1 Å². The van der Waals surface area contributed by atoms with Gasteiger partial charge in [0.1, 0.15) is 16.6 Å². The molecule has 0 aliphatic carbocycles. The van der Waals surface area contributed by atoms with E-state index in [1.54, 1.807) is 24.4 Å². The van der Waals surface area contributed by atoms with Gasteiger partial charge in [-0.3, -0.25) is 4.79 Å². The fourth-order valence-corrected chi connectivity index (χ4v) is 2.55. The van der Waals surface area contributed by atoms with Crippen molar-refractivity contribution in [2.24, 2.45) is 0 Å². The molecule has 2 aromatic rings. The number of carbonyl (C=O) groups excluding carboxylic acids is 1. The van der Waals surface area contributed by atoms with Gasteiger partial charge in [-0.2, -0.15) is 5.26 Å². The monoisotopic (exact) mass is 312 g/mol. The maximum Gasteiger partial charge on any atom is 0.251 e. The number of aryl methyl sites for hydroxylation is 1. The van der Waals surface area contributed by atoms with E-state index in [1.165, 1.54) is 11.3 Å². The zero-order chi connectivity index (χ0) is 15.9. The average molecular weight is 312 g/mol. The lowest BCUT2D eigenvalue weighted by atomic mass is 10.2. The van der Waals surface area contributed by atoms with Gasteiger partial charge in [0.25, 0.3) is 5.91 Å². The Hall–Kier alpha value is -2.65. The van der Waals surface area contributed by atoms with Crippen LogP contribution < -0.4 is 10.6 Å². The number of anilines is 1. The molecule has 5 nitrogen and oxygen atoms in total. The largest absolute Gasteiger partial charge is 0.360 e. The number of amides is 1. The SMILES string of the molecule is CCNC(=O)c1cccc(N/C=C(\C#N)c2nc(C)cs2)c1. The standard InChI is InChI=1S/C16H16N4OS/c1-3-18-15(21)12-5-4-6-14(7-12)19-9-13(8-17)16-20-11(2)10-22-16/h4-7,9-10,19H,3H2,1-2H3,(H,18,21)/b13-9+. The number of rotatable bonds is 5. The number of hydrogen-bond acceptors (Lipinski definition) is 5. The molecule has 2 N–H and O–H groups in total. The molecule has 0 aliphatic heterocycles. The lowest BCUT2D eigenvalue weighted by Gasteiger charge is -2.05. The molecule has 0 saturated heterocycles. The zero-order valence-electron chi connectivity index (χ0n) is 12.4. The molecule has 0 spiro atoms. The van der Waals surface area contributed by atoms with Crippen LogP contribution in [0.15, 0.2) is 35.8 Å². The number of carbonyl (C=O) groups is 1. The Kier molecular flexibility index (Phi) is 5.28. The molecule has 1 heterocycles. The summed E-state index contributed by atoms with van der Waals surface area (Å²) in [4.78, 5) is 16.1. The molecule has 112 valence electrons. The Morgan fingerprint density at radius 3 is 2.95 bits per heavy atom. The molecule has 0 radical (unpaired) electrons. The molecule has 22 heavy (non-hydrogen) atoms. The number of thiazole rings is 1. The van der Waals surface area contributed by atoms with E-state index in [4.69, 9.17) is 0 Å². The van der Waals surface area contributed by atoms with Crippen LogP contribution in [0.2, 0.25) is 0 Å². The Bertz CT molecular complexity index is 743. The van der Waals surface area contributed by atoms with E-state index in [2.05, 4.69) is 21.7 Å². The minimum atomic E-state index is -0.119. The van der Waals surface area contributed by atoms with Crippen LogP contribution in [-0.2, 0) is 0 Å². The zero-order valence-corrected chi connectivity index (χ0v) is 13.2. The highest BCUT2D eigenvalue weighted by atomic mass is 32.1. The minimum Gasteiger partial charge on any atom is -0.360 e. The van der Waals surface area contributed by atoms with Crippen molar-refractivity contribution in [3.8, 4) is 6.07 Å². The normalized spacial score (nSPS) is 10.9. The van der Waals surface area contributed by atoms with Crippen LogP contribution in [0.3, 0.4) is 0 Å². The Labute approximate surface area is 133 Å². The lowest BCUT2D eigenvalue weighted by molar-refractivity contribution is 0.0956. The van der Waals surface area contributed by atoms with Crippen LogP contribution in [0.1, 0.15) is 28.0 Å². The number of nitrogens with zero attached hydrogens (tertiary/aromatic N) is 2. The number of nitriles is 1. The van der Waals surface area contributed by atoms with Gasteiger partial charge in [-0.1, -0.05) is 6.07 Å². The van der Waals surface area contributed by atoms with Crippen LogP contribution >= 0.6 is 11.3 Å². The molecule has 6 heteroatoms. The van der Waals surface area contributed by atoms with Crippen molar-refractivity contribution in [3.05, 3.63) is 52.1 Å². The van der Waals surface area contributed by atoms with Crippen molar-refractivity contribution in [2.45, 2.75) is 13.8 Å². The van der Waals surface area contributed by atoms with Gasteiger partial charge in [-0.25, -0.2) is 4.98 Å². The number of nitrogens with one attached hydrogen (secondary N) is 2. The third-order valence-electron chi connectivity index (χ3n) is 2.82. The van der Waals surface area contributed by atoms with Crippen molar-refractivity contribution in [1.29, 1.82) is 5.26 Å². The van der Waals surface area contributed by atoms with Gasteiger partial charge >= 0.3 is 0 Å². The first kappa shape index (κ1) is 15.7. The topological polar surface area (TPSA) is 77.8 Å². The highest BCUT2D eigenvalue weighted by Crippen LogP contribution is 2.19. The second-order valence-electron chi connectivity index (χ2n) is 4.55. The minimum absolute atomic E-state index is 0.119. The van der Waals surface area contributed by atoms with Crippen LogP contribution in [0.25, 0.3) is 5.57 Å². The number of benzene rings is 1. The molecule has 1 amide bonds. The lowest BCUT2D eigenvalue weighted by Crippen LogP contribution is -2.22. The Balaban J connectivity index is 2.16. The summed E-state index contributed by atoms with van der Waals surface area (Å²) in [7, 11) is 0. The summed E-state index contributed by atoms with van der Waals surface area (Å²) in [5.41, 5.74) is 2.66. The Morgan fingerprint density at radius 2 is 2.32 bits per heavy atom. The first-order valence-electron chi connectivity index (χ1n) is 6.81. The van der Waals surface area contributed by atoms with E-state index in [0.717, 1.165) is 11.4 Å². The van der Waals surface area contributed by atoms with Gasteiger partial charge in [-0.15, -0.1) is 11.3 Å². The van der Waals surface area contributed by atoms with E-state index in [9.17, 15) is 10.1 Å². The fourth-order valence-electron chi connectivity index (χ4n) is 1.79.